The highest BCUT2D eigenvalue weighted by Gasteiger charge is 2.18. The summed E-state index contributed by atoms with van der Waals surface area (Å²) in [5.41, 5.74) is 1.23. The average Bonchev–Trinajstić information content (AvgIpc) is 2.61. The Morgan fingerprint density at radius 3 is 2.42 bits per heavy atom. The highest BCUT2D eigenvalue weighted by atomic mass is 16.3. The van der Waals surface area contributed by atoms with Gasteiger partial charge in [-0.15, -0.1) is 0 Å². The maximum Gasteiger partial charge on any atom is 0.331 e. The van der Waals surface area contributed by atoms with E-state index in [-0.39, 0.29) is 17.2 Å². The minimum absolute atomic E-state index is 0.0745. The third kappa shape index (κ3) is 6.16. The van der Waals surface area contributed by atoms with E-state index in [0.29, 0.717) is 25.8 Å². The molecule has 0 saturated carbocycles. The van der Waals surface area contributed by atoms with Crippen molar-refractivity contribution in [2.45, 2.75) is 78.7 Å². The molecule has 8 nitrogen and oxygen atoms in total. The second kappa shape index (κ2) is 11.3. The van der Waals surface area contributed by atoms with Gasteiger partial charge in [-0.1, -0.05) is 46.5 Å². The molecule has 0 spiro atoms. The van der Waals surface area contributed by atoms with Crippen molar-refractivity contribution in [3.8, 4) is 5.88 Å². The van der Waals surface area contributed by atoms with Gasteiger partial charge in [0.1, 0.15) is 5.56 Å². The molecule has 0 unspecified atom stereocenters. The predicted octanol–water partition coefficient (Wildman–Crippen LogP) is 2.24. The quantitative estimate of drug-likeness (QED) is 0.316. The van der Waals surface area contributed by atoms with Crippen LogP contribution in [-0.4, -0.2) is 26.3 Å². The topological polar surface area (TPSA) is 117 Å². The fraction of sp³-hybridized carbons (Fsp3) is 0.667. The van der Waals surface area contributed by atoms with E-state index in [2.05, 4.69) is 22.4 Å². The lowest BCUT2D eigenvalue weighted by Crippen LogP contribution is -2.34. The number of nitrogens with zero attached hydrogens (tertiary/aromatic N) is 2. The number of unbranched alkanes of at least 4 members (excludes halogenated alkanes) is 4. The van der Waals surface area contributed by atoms with Crippen LogP contribution in [0.25, 0.3) is 0 Å². The first-order valence-electron chi connectivity index (χ1n) is 9.38. The van der Waals surface area contributed by atoms with E-state index in [1.165, 1.54) is 0 Å². The van der Waals surface area contributed by atoms with E-state index in [9.17, 15) is 19.5 Å². The summed E-state index contributed by atoms with van der Waals surface area (Å²) in [5.74, 6) is -0.646. The van der Waals surface area contributed by atoms with Crippen molar-refractivity contribution in [1.82, 2.24) is 15.0 Å². The van der Waals surface area contributed by atoms with Gasteiger partial charge in [-0.25, -0.2) is 10.2 Å². The molecule has 1 rings (SSSR count). The van der Waals surface area contributed by atoms with Crippen LogP contribution in [0.5, 0.6) is 5.88 Å². The van der Waals surface area contributed by atoms with Crippen LogP contribution < -0.4 is 16.7 Å². The summed E-state index contributed by atoms with van der Waals surface area (Å²) in [7, 11) is 0. The lowest BCUT2D eigenvalue weighted by atomic mass is 10.1. The maximum atomic E-state index is 12.2. The number of rotatable bonds is 11. The monoisotopic (exact) mass is 366 g/mol. The van der Waals surface area contributed by atoms with Gasteiger partial charge < -0.3 is 5.11 Å². The number of amides is 1. The number of carbonyl (C=O) groups is 1. The van der Waals surface area contributed by atoms with Crippen molar-refractivity contribution in [1.29, 1.82) is 0 Å². The molecule has 0 aliphatic carbocycles. The molecule has 1 aromatic rings. The third-order valence-corrected chi connectivity index (χ3v) is 4.10. The van der Waals surface area contributed by atoms with E-state index in [4.69, 9.17) is 0 Å². The van der Waals surface area contributed by atoms with Crippen LogP contribution in [0, 0.1) is 0 Å². The highest BCUT2D eigenvalue weighted by molar-refractivity contribution is 6.02. The largest absolute Gasteiger partial charge is 0.494 e. The lowest BCUT2D eigenvalue weighted by Gasteiger charge is -2.12. The van der Waals surface area contributed by atoms with Crippen LogP contribution in [0.1, 0.15) is 77.7 Å². The molecule has 0 aliphatic heterocycles. The minimum Gasteiger partial charge on any atom is -0.494 e. The number of hydrogen-bond acceptors (Lipinski definition) is 5. The first-order valence-corrected chi connectivity index (χ1v) is 9.38. The van der Waals surface area contributed by atoms with Crippen molar-refractivity contribution in [2.75, 3.05) is 0 Å². The summed E-state index contributed by atoms with van der Waals surface area (Å²) in [6, 6.07) is 0. The average molecular weight is 366 g/mol. The molecule has 0 radical (unpaired) electrons. The maximum absolute atomic E-state index is 12.2. The Balaban J connectivity index is 3.00. The molecule has 0 bridgehead atoms. The molecule has 1 amide bonds. The van der Waals surface area contributed by atoms with Gasteiger partial charge in [-0.3, -0.25) is 19.1 Å². The summed E-state index contributed by atoms with van der Waals surface area (Å²) >= 11 is 0. The second-order valence-corrected chi connectivity index (χ2v) is 6.22. The van der Waals surface area contributed by atoms with Gasteiger partial charge in [0.05, 0.1) is 5.71 Å². The SMILES string of the molecule is CCCCCCC(=O)NN=C(CC)c1c(O)n(CCCC)c(=O)[nH]c1=O. The number of nitrogens with one attached hydrogen (secondary N) is 2. The number of aromatic amines is 1. The normalized spacial score (nSPS) is 11.6. The fourth-order valence-electron chi connectivity index (χ4n) is 2.55. The van der Waals surface area contributed by atoms with Crippen LogP contribution in [0.2, 0.25) is 0 Å². The van der Waals surface area contributed by atoms with Crippen LogP contribution in [0.3, 0.4) is 0 Å². The number of hydrazone groups is 1. The summed E-state index contributed by atoms with van der Waals surface area (Å²) in [5, 5.41) is 14.4. The number of H-pyrrole nitrogens is 1. The molecule has 8 heteroatoms. The molecule has 1 heterocycles. The summed E-state index contributed by atoms with van der Waals surface area (Å²) in [4.78, 5) is 38.1. The van der Waals surface area contributed by atoms with Gasteiger partial charge in [-0.2, -0.15) is 5.10 Å². The highest BCUT2D eigenvalue weighted by Crippen LogP contribution is 2.14. The van der Waals surface area contributed by atoms with E-state index < -0.39 is 17.1 Å². The molecule has 26 heavy (non-hydrogen) atoms. The van der Waals surface area contributed by atoms with Crippen molar-refractivity contribution < 1.29 is 9.90 Å². The third-order valence-electron chi connectivity index (χ3n) is 4.10. The van der Waals surface area contributed by atoms with Crippen molar-refractivity contribution >= 4 is 11.6 Å². The van der Waals surface area contributed by atoms with Crippen LogP contribution >= 0.6 is 0 Å². The van der Waals surface area contributed by atoms with Crippen molar-refractivity contribution in [3.63, 3.8) is 0 Å². The van der Waals surface area contributed by atoms with E-state index in [1.807, 2.05) is 6.92 Å². The Labute approximate surface area is 153 Å². The number of aromatic nitrogens is 2. The first-order chi connectivity index (χ1) is 12.5. The van der Waals surface area contributed by atoms with Gasteiger partial charge in [0.2, 0.25) is 11.8 Å². The van der Waals surface area contributed by atoms with Crippen LogP contribution in [0.4, 0.5) is 0 Å². The number of aromatic hydroxyl groups is 1. The number of hydrogen-bond donors (Lipinski definition) is 3. The Morgan fingerprint density at radius 1 is 1.12 bits per heavy atom. The summed E-state index contributed by atoms with van der Waals surface area (Å²) in [6.07, 6.45) is 6.14. The van der Waals surface area contributed by atoms with Gasteiger partial charge in [0.15, 0.2) is 0 Å². The Kier molecular flexibility index (Phi) is 9.40. The summed E-state index contributed by atoms with van der Waals surface area (Å²) < 4.78 is 1.12. The first kappa shape index (κ1) is 21.7. The van der Waals surface area contributed by atoms with Gasteiger partial charge in [0, 0.05) is 13.0 Å². The molecule has 0 atom stereocenters. The molecule has 0 aromatic carbocycles. The van der Waals surface area contributed by atoms with Crippen molar-refractivity contribution in [3.05, 3.63) is 26.4 Å². The Bertz CT molecular complexity index is 734. The second-order valence-electron chi connectivity index (χ2n) is 6.22. The number of carbonyl (C=O) groups excluding carboxylic acids is 1. The summed E-state index contributed by atoms with van der Waals surface area (Å²) in [6.45, 7) is 6.11. The fourth-order valence-corrected chi connectivity index (χ4v) is 2.55. The standard InChI is InChI=1S/C18H30N4O4/c1-4-7-9-10-11-14(23)21-20-13(6-3)15-16(24)19-18(26)22(17(15)25)12-8-5-2/h25H,4-12H2,1-3H3,(H,21,23)(H,19,24,26). The molecule has 0 saturated heterocycles. The van der Waals surface area contributed by atoms with E-state index in [1.54, 1.807) is 6.92 Å². The molecule has 1 aromatic heterocycles. The molecule has 3 N–H and O–H groups in total. The van der Waals surface area contributed by atoms with Gasteiger partial charge >= 0.3 is 5.69 Å². The molecule has 146 valence electrons. The minimum atomic E-state index is -0.710. The molecular formula is C18H30N4O4. The van der Waals surface area contributed by atoms with Gasteiger partial charge in [0.25, 0.3) is 5.56 Å². The lowest BCUT2D eigenvalue weighted by molar-refractivity contribution is -0.121. The van der Waals surface area contributed by atoms with E-state index >= 15 is 0 Å². The molecule has 0 fully saturated rings. The van der Waals surface area contributed by atoms with E-state index in [0.717, 1.165) is 36.7 Å². The zero-order valence-electron chi connectivity index (χ0n) is 15.9. The zero-order chi connectivity index (χ0) is 19.5. The smallest absolute Gasteiger partial charge is 0.331 e. The van der Waals surface area contributed by atoms with Crippen LogP contribution in [0.15, 0.2) is 14.7 Å². The molecule has 0 aliphatic rings. The van der Waals surface area contributed by atoms with Gasteiger partial charge in [-0.05, 0) is 19.3 Å². The Morgan fingerprint density at radius 2 is 1.81 bits per heavy atom. The Hall–Kier alpha value is -2.38. The molecular weight excluding hydrogens is 336 g/mol. The van der Waals surface area contributed by atoms with Crippen molar-refractivity contribution in [2.24, 2.45) is 5.10 Å². The predicted molar refractivity (Wildman–Crippen MR) is 102 cm³/mol. The zero-order valence-corrected chi connectivity index (χ0v) is 15.9. The van der Waals surface area contributed by atoms with Crippen LogP contribution in [-0.2, 0) is 11.3 Å².